The SMILES string of the molecule is O=C(NN1CCOc2ccccc21)c1sc2c(-c3cc(F)cc(F)c3F)nccc2c1N1CCOCC1. The number of hydrogen-bond acceptors (Lipinski definition) is 7. The van der Waals surface area contributed by atoms with Gasteiger partial charge in [-0.3, -0.25) is 20.2 Å². The fourth-order valence-electron chi connectivity index (χ4n) is 4.64. The van der Waals surface area contributed by atoms with Crippen LogP contribution in [0.4, 0.5) is 24.5 Å². The number of para-hydroxylation sites is 2. The van der Waals surface area contributed by atoms with Crippen molar-refractivity contribution in [3.63, 3.8) is 0 Å². The van der Waals surface area contributed by atoms with Gasteiger partial charge < -0.3 is 14.4 Å². The van der Waals surface area contributed by atoms with Crippen LogP contribution in [0.3, 0.4) is 0 Å². The smallest absolute Gasteiger partial charge is 0.282 e. The van der Waals surface area contributed by atoms with Crippen molar-refractivity contribution < 1.29 is 27.4 Å². The first-order valence-electron chi connectivity index (χ1n) is 11.7. The van der Waals surface area contributed by atoms with Crippen LogP contribution < -0.4 is 20.1 Å². The molecule has 1 saturated heterocycles. The van der Waals surface area contributed by atoms with Crippen molar-refractivity contribution in [3.05, 3.63) is 71.0 Å². The summed E-state index contributed by atoms with van der Waals surface area (Å²) < 4.78 is 54.5. The standard InChI is InChI=1S/C26H21F3N4O3S/c27-15-13-17(21(29)18(28)14-15)22-24-16(5-6-30-22)23(32-7-10-35-11-8-32)25(37-24)26(34)31-33-9-12-36-20-4-2-1-3-19(20)33/h1-6,13-14H,7-12H2,(H,31,34). The van der Waals surface area contributed by atoms with E-state index < -0.39 is 17.5 Å². The van der Waals surface area contributed by atoms with Crippen molar-refractivity contribution in [2.24, 2.45) is 0 Å². The maximum Gasteiger partial charge on any atom is 0.282 e. The Morgan fingerprint density at radius 1 is 1.03 bits per heavy atom. The number of benzene rings is 2. The molecular weight excluding hydrogens is 505 g/mol. The molecule has 0 radical (unpaired) electrons. The van der Waals surface area contributed by atoms with E-state index >= 15 is 0 Å². The first-order chi connectivity index (χ1) is 18.0. The number of carbonyl (C=O) groups excluding carboxylic acids is 1. The van der Waals surface area contributed by atoms with E-state index in [0.29, 0.717) is 71.9 Å². The third-order valence-corrected chi connectivity index (χ3v) is 7.53. The van der Waals surface area contributed by atoms with E-state index in [4.69, 9.17) is 9.47 Å². The van der Waals surface area contributed by atoms with Gasteiger partial charge in [0, 0.05) is 36.3 Å². The summed E-state index contributed by atoms with van der Waals surface area (Å²) in [4.78, 5) is 20.4. The number of rotatable bonds is 4. The Morgan fingerprint density at radius 2 is 1.84 bits per heavy atom. The Hall–Kier alpha value is -3.83. The van der Waals surface area contributed by atoms with Crippen molar-refractivity contribution in [2.75, 3.05) is 49.4 Å². The lowest BCUT2D eigenvalue weighted by molar-refractivity contribution is 0.0948. The van der Waals surface area contributed by atoms with E-state index in [1.165, 1.54) is 6.20 Å². The molecule has 2 aromatic carbocycles. The van der Waals surface area contributed by atoms with Gasteiger partial charge in [0.15, 0.2) is 11.6 Å². The second kappa shape index (κ2) is 9.56. The Bertz CT molecular complexity index is 1510. The van der Waals surface area contributed by atoms with Crippen molar-refractivity contribution in [1.82, 2.24) is 10.4 Å². The van der Waals surface area contributed by atoms with Crippen LogP contribution in [0.15, 0.2) is 48.7 Å². The Kier molecular flexibility index (Phi) is 6.09. The molecule has 0 atom stereocenters. The van der Waals surface area contributed by atoms with E-state index in [9.17, 15) is 18.0 Å². The number of halogens is 3. The number of hydrogen-bond donors (Lipinski definition) is 1. The van der Waals surface area contributed by atoms with Crippen LogP contribution in [0.2, 0.25) is 0 Å². The van der Waals surface area contributed by atoms with Gasteiger partial charge in [-0.15, -0.1) is 11.3 Å². The highest BCUT2D eigenvalue weighted by molar-refractivity contribution is 7.22. The van der Waals surface area contributed by atoms with Gasteiger partial charge in [-0.05, 0) is 24.3 Å². The molecular formula is C26H21F3N4O3S. The van der Waals surface area contributed by atoms with E-state index in [-0.39, 0.29) is 17.2 Å². The number of anilines is 2. The van der Waals surface area contributed by atoms with Gasteiger partial charge in [0.05, 0.1) is 41.5 Å². The molecule has 2 aliphatic rings. The van der Waals surface area contributed by atoms with Crippen LogP contribution in [-0.4, -0.2) is 50.3 Å². The monoisotopic (exact) mass is 526 g/mol. The first kappa shape index (κ1) is 23.6. The van der Waals surface area contributed by atoms with Gasteiger partial charge in [0.2, 0.25) is 0 Å². The van der Waals surface area contributed by atoms with Gasteiger partial charge in [0.1, 0.15) is 23.1 Å². The fourth-order valence-corrected chi connectivity index (χ4v) is 5.86. The molecule has 37 heavy (non-hydrogen) atoms. The largest absolute Gasteiger partial charge is 0.489 e. The summed E-state index contributed by atoms with van der Waals surface area (Å²) in [5.74, 6) is -3.12. The normalized spacial score (nSPS) is 15.4. The molecule has 0 aliphatic carbocycles. The van der Waals surface area contributed by atoms with E-state index in [1.807, 2.05) is 29.2 Å². The van der Waals surface area contributed by atoms with E-state index in [1.54, 1.807) is 11.1 Å². The zero-order valence-corrected chi connectivity index (χ0v) is 20.3. The maximum atomic E-state index is 14.8. The number of ether oxygens (including phenoxy) is 2. The molecule has 2 aromatic heterocycles. The molecule has 1 amide bonds. The molecule has 190 valence electrons. The average molecular weight is 527 g/mol. The number of carbonyl (C=O) groups is 1. The number of fused-ring (bicyclic) bond motifs is 2. The Morgan fingerprint density at radius 3 is 2.68 bits per heavy atom. The Labute approximate surface area is 214 Å². The fraction of sp³-hybridized carbons (Fsp3) is 0.231. The molecule has 7 nitrogen and oxygen atoms in total. The van der Waals surface area contributed by atoms with Gasteiger partial charge in [-0.25, -0.2) is 13.2 Å². The molecule has 1 N–H and O–H groups in total. The lowest BCUT2D eigenvalue weighted by Gasteiger charge is -2.32. The van der Waals surface area contributed by atoms with Crippen LogP contribution in [0.5, 0.6) is 5.75 Å². The number of nitrogens with zero attached hydrogens (tertiary/aromatic N) is 3. The highest BCUT2D eigenvalue weighted by atomic mass is 32.1. The summed E-state index contributed by atoms with van der Waals surface area (Å²) in [5, 5.41) is 2.38. The lowest BCUT2D eigenvalue weighted by atomic mass is 10.1. The predicted octanol–water partition coefficient (Wildman–Crippen LogP) is 4.76. The van der Waals surface area contributed by atoms with E-state index in [0.717, 1.165) is 23.1 Å². The molecule has 0 unspecified atom stereocenters. The van der Waals surface area contributed by atoms with Crippen molar-refractivity contribution in [2.45, 2.75) is 0 Å². The number of pyridine rings is 1. The Balaban J connectivity index is 1.47. The van der Waals surface area contributed by atoms with Gasteiger partial charge in [0.25, 0.3) is 5.91 Å². The molecule has 4 aromatic rings. The topological polar surface area (TPSA) is 66.9 Å². The van der Waals surface area contributed by atoms with Gasteiger partial charge >= 0.3 is 0 Å². The maximum absolute atomic E-state index is 14.8. The second-order valence-electron chi connectivity index (χ2n) is 8.57. The molecule has 4 heterocycles. The lowest BCUT2D eigenvalue weighted by Crippen LogP contribution is -2.47. The van der Waals surface area contributed by atoms with Crippen LogP contribution in [0, 0.1) is 17.5 Å². The van der Waals surface area contributed by atoms with Crippen molar-refractivity contribution >= 4 is 38.7 Å². The number of nitrogens with one attached hydrogen (secondary N) is 1. The number of aromatic nitrogens is 1. The third-order valence-electron chi connectivity index (χ3n) is 6.33. The average Bonchev–Trinajstić information content (AvgIpc) is 3.31. The quantitative estimate of drug-likeness (QED) is 0.387. The molecule has 0 saturated carbocycles. The summed E-state index contributed by atoms with van der Waals surface area (Å²) >= 11 is 1.11. The number of morpholine rings is 1. The first-order valence-corrected chi connectivity index (χ1v) is 12.5. The van der Waals surface area contributed by atoms with Crippen molar-refractivity contribution in [1.29, 1.82) is 0 Å². The summed E-state index contributed by atoms with van der Waals surface area (Å²) in [5.41, 5.74) is 4.13. The van der Waals surface area contributed by atoms with Crippen LogP contribution in [0.25, 0.3) is 21.3 Å². The van der Waals surface area contributed by atoms with E-state index in [2.05, 4.69) is 10.4 Å². The second-order valence-corrected chi connectivity index (χ2v) is 9.59. The van der Waals surface area contributed by atoms with Crippen LogP contribution >= 0.6 is 11.3 Å². The predicted molar refractivity (Wildman–Crippen MR) is 135 cm³/mol. The van der Waals surface area contributed by atoms with Crippen molar-refractivity contribution in [3.8, 4) is 17.0 Å². The highest BCUT2D eigenvalue weighted by Gasteiger charge is 2.29. The summed E-state index contributed by atoms with van der Waals surface area (Å²) in [6.45, 7) is 2.91. The number of hydrazine groups is 1. The van der Waals surface area contributed by atoms with Gasteiger partial charge in [-0.2, -0.15) is 0 Å². The summed E-state index contributed by atoms with van der Waals surface area (Å²) in [6, 6.07) is 10.5. The molecule has 0 spiro atoms. The molecule has 11 heteroatoms. The summed E-state index contributed by atoms with van der Waals surface area (Å²) in [7, 11) is 0. The zero-order chi connectivity index (χ0) is 25.5. The number of thiophene rings is 1. The highest BCUT2D eigenvalue weighted by Crippen LogP contribution is 2.43. The number of amides is 1. The third kappa shape index (κ3) is 4.23. The summed E-state index contributed by atoms with van der Waals surface area (Å²) in [6.07, 6.45) is 1.45. The molecule has 0 bridgehead atoms. The zero-order valence-electron chi connectivity index (χ0n) is 19.5. The molecule has 6 rings (SSSR count). The minimum absolute atomic E-state index is 0.0728. The minimum Gasteiger partial charge on any atom is -0.489 e. The van der Waals surface area contributed by atoms with Gasteiger partial charge in [-0.1, -0.05) is 12.1 Å². The molecule has 2 aliphatic heterocycles. The minimum atomic E-state index is -1.30. The molecule has 1 fully saturated rings. The van der Waals surface area contributed by atoms with Crippen LogP contribution in [-0.2, 0) is 4.74 Å². The van der Waals surface area contributed by atoms with Crippen LogP contribution in [0.1, 0.15) is 9.67 Å².